The molecule has 0 atom stereocenters. The van der Waals surface area contributed by atoms with E-state index in [2.05, 4.69) is 5.43 Å². The van der Waals surface area contributed by atoms with Gasteiger partial charge in [0.25, 0.3) is 0 Å². The van der Waals surface area contributed by atoms with Crippen LogP contribution in [0.1, 0.15) is 40.0 Å². The van der Waals surface area contributed by atoms with Gasteiger partial charge >= 0.3 is 11.8 Å². The summed E-state index contributed by atoms with van der Waals surface area (Å²) in [4.78, 5) is 37.2. The Hall–Kier alpha value is -2.45. The van der Waals surface area contributed by atoms with Crippen molar-refractivity contribution in [2.75, 3.05) is 18.5 Å². The van der Waals surface area contributed by atoms with Gasteiger partial charge in [0.15, 0.2) is 0 Å². The molecule has 2 amide bonds. The molecule has 1 aliphatic heterocycles. The van der Waals surface area contributed by atoms with Crippen molar-refractivity contribution < 1.29 is 19.4 Å². The van der Waals surface area contributed by atoms with Crippen molar-refractivity contribution in [1.29, 1.82) is 0 Å². The first-order valence-corrected chi connectivity index (χ1v) is 7.96. The largest absolute Gasteiger partial charge is 0.492 e. The molecular weight excluding hydrogens is 316 g/mol. The maximum absolute atomic E-state index is 12.2. The zero-order chi connectivity index (χ0) is 17.9. The van der Waals surface area contributed by atoms with Crippen LogP contribution < -0.4 is 11.1 Å². The smallest absolute Gasteiger partial charge is 0.427 e. The highest BCUT2D eigenvalue weighted by Crippen LogP contribution is 2.11. The van der Waals surface area contributed by atoms with Gasteiger partial charge in [0.05, 0.1) is 6.20 Å². The fourth-order valence-electron chi connectivity index (χ4n) is 2.51. The van der Waals surface area contributed by atoms with Gasteiger partial charge in [-0.3, -0.25) is 9.36 Å². The van der Waals surface area contributed by atoms with Crippen LogP contribution >= 0.6 is 0 Å². The minimum absolute atomic E-state index is 0.134. The Kier molecular flexibility index (Phi) is 5.20. The molecule has 2 N–H and O–H groups in total. The van der Waals surface area contributed by atoms with Crippen molar-refractivity contribution in [3.63, 3.8) is 0 Å². The molecule has 1 aromatic rings. The summed E-state index contributed by atoms with van der Waals surface area (Å²) in [6.07, 6.45) is 2.44. The first-order valence-electron chi connectivity index (χ1n) is 7.96. The lowest BCUT2D eigenvalue weighted by Crippen LogP contribution is -2.37. The predicted molar refractivity (Wildman–Crippen MR) is 86.4 cm³/mol. The number of nitrogens with one attached hydrogen (secondary N) is 1. The van der Waals surface area contributed by atoms with E-state index in [0.717, 1.165) is 17.6 Å². The number of imidazole rings is 1. The van der Waals surface area contributed by atoms with Crippen LogP contribution in [-0.4, -0.2) is 49.9 Å². The molecule has 134 valence electrons. The zero-order valence-corrected chi connectivity index (χ0v) is 14.2. The van der Waals surface area contributed by atoms with Crippen LogP contribution in [0.2, 0.25) is 0 Å². The van der Waals surface area contributed by atoms with Crippen molar-refractivity contribution in [3.8, 4) is 5.88 Å². The number of aromatic nitrogens is 2. The third kappa shape index (κ3) is 4.53. The number of carbonyl (C=O) groups is 2. The number of hydrogen-bond donors (Lipinski definition) is 2. The van der Waals surface area contributed by atoms with Crippen molar-refractivity contribution in [3.05, 3.63) is 16.7 Å². The van der Waals surface area contributed by atoms with Gasteiger partial charge in [0, 0.05) is 26.1 Å². The summed E-state index contributed by atoms with van der Waals surface area (Å²) in [7, 11) is 0. The minimum Gasteiger partial charge on any atom is -0.492 e. The van der Waals surface area contributed by atoms with Gasteiger partial charge in [-0.05, 0) is 33.6 Å². The molecule has 1 aliphatic rings. The Morgan fingerprint density at radius 3 is 2.62 bits per heavy atom. The molecule has 1 saturated heterocycles. The van der Waals surface area contributed by atoms with Crippen LogP contribution in [-0.2, 0) is 16.1 Å². The molecule has 9 heteroatoms. The Labute approximate surface area is 139 Å². The molecular formula is C15H24N4O5. The Morgan fingerprint density at radius 1 is 1.33 bits per heavy atom. The van der Waals surface area contributed by atoms with Gasteiger partial charge in [-0.1, -0.05) is 0 Å². The van der Waals surface area contributed by atoms with Crippen LogP contribution in [0.5, 0.6) is 5.88 Å². The second kappa shape index (κ2) is 6.98. The monoisotopic (exact) mass is 340 g/mol. The van der Waals surface area contributed by atoms with E-state index < -0.39 is 17.4 Å². The minimum atomic E-state index is -0.833. The highest BCUT2D eigenvalue weighted by Gasteiger charge is 2.21. The Balaban J connectivity index is 1.94. The second-order valence-corrected chi connectivity index (χ2v) is 6.75. The standard InChI is InChI=1S/C15H24N4O5/c1-15(2,3)24-13(22)16-19-12(21)10-18(14(19)23)9-5-8-17-7-4-6-11(17)20/h10,21H,4-9H2,1-3H3,(H,16,22). The fourth-order valence-corrected chi connectivity index (χ4v) is 2.51. The number of nitrogens with zero attached hydrogens (tertiary/aromatic N) is 3. The quantitative estimate of drug-likeness (QED) is 0.826. The summed E-state index contributed by atoms with van der Waals surface area (Å²) < 4.78 is 7.06. The average molecular weight is 340 g/mol. The van der Waals surface area contributed by atoms with E-state index in [-0.39, 0.29) is 11.8 Å². The number of amides is 2. The van der Waals surface area contributed by atoms with Gasteiger partial charge < -0.3 is 14.7 Å². The molecule has 24 heavy (non-hydrogen) atoms. The van der Waals surface area contributed by atoms with Gasteiger partial charge in [0.2, 0.25) is 11.8 Å². The second-order valence-electron chi connectivity index (χ2n) is 6.75. The number of likely N-dealkylation sites (tertiary alicyclic amines) is 1. The summed E-state index contributed by atoms with van der Waals surface area (Å²) in [5.41, 5.74) is 0.910. The van der Waals surface area contributed by atoms with E-state index in [0.29, 0.717) is 25.9 Å². The van der Waals surface area contributed by atoms with Gasteiger partial charge in [-0.2, -0.15) is 4.68 Å². The first-order chi connectivity index (χ1) is 11.2. The summed E-state index contributed by atoms with van der Waals surface area (Å²) >= 11 is 0. The Bertz CT molecular complexity index is 670. The average Bonchev–Trinajstić information content (AvgIpc) is 2.96. The van der Waals surface area contributed by atoms with Crippen LogP contribution in [0.4, 0.5) is 4.79 Å². The van der Waals surface area contributed by atoms with Crippen molar-refractivity contribution in [2.24, 2.45) is 0 Å². The van der Waals surface area contributed by atoms with Crippen LogP contribution in [0, 0.1) is 0 Å². The summed E-state index contributed by atoms with van der Waals surface area (Å²) in [5, 5.41) is 9.82. The number of carbonyl (C=O) groups excluding carboxylic acids is 2. The molecule has 0 bridgehead atoms. The lowest BCUT2D eigenvalue weighted by atomic mass is 10.2. The van der Waals surface area contributed by atoms with Gasteiger partial charge in [-0.15, -0.1) is 0 Å². The normalized spacial score (nSPS) is 15.0. The first kappa shape index (κ1) is 17.9. The van der Waals surface area contributed by atoms with Crippen molar-refractivity contribution >= 4 is 12.0 Å². The molecule has 1 aromatic heterocycles. The molecule has 0 aromatic carbocycles. The fraction of sp³-hybridized carbons (Fsp3) is 0.667. The molecule has 2 heterocycles. The van der Waals surface area contributed by atoms with Crippen molar-refractivity contribution in [2.45, 2.75) is 52.2 Å². The highest BCUT2D eigenvalue weighted by atomic mass is 16.6. The number of aryl methyl sites for hydroxylation is 1. The molecule has 0 saturated carbocycles. The third-order valence-corrected chi connectivity index (χ3v) is 3.54. The molecule has 9 nitrogen and oxygen atoms in total. The van der Waals surface area contributed by atoms with E-state index in [9.17, 15) is 19.5 Å². The maximum Gasteiger partial charge on any atom is 0.427 e. The lowest BCUT2D eigenvalue weighted by Gasteiger charge is -2.19. The van der Waals surface area contributed by atoms with Gasteiger partial charge in [0.1, 0.15) is 5.60 Å². The molecule has 1 fully saturated rings. The number of hydrogen-bond acceptors (Lipinski definition) is 5. The predicted octanol–water partition coefficient (Wildman–Crippen LogP) is 0.846. The van der Waals surface area contributed by atoms with E-state index in [1.165, 1.54) is 10.8 Å². The topological polar surface area (TPSA) is 106 Å². The maximum atomic E-state index is 12.2. The third-order valence-electron chi connectivity index (χ3n) is 3.54. The van der Waals surface area contributed by atoms with Crippen LogP contribution in [0.3, 0.4) is 0 Å². The molecule has 0 unspecified atom stereocenters. The van der Waals surface area contributed by atoms with E-state index in [1.54, 1.807) is 25.7 Å². The molecule has 0 spiro atoms. The molecule has 0 aliphatic carbocycles. The van der Waals surface area contributed by atoms with E-state index in [4.69, 9.17) is 4.74 Å². The van der Waals surface area contributed by atoms with E-state index in [1.807, 2.05) is 0 Å². The summed E-state index contributed by atoms with van der Waals surface area (Å²) in [5.74, 6) is -0.252. The Morgan fingerprint density at radius 2 is 2.04 bits per heavy atom. The van der Waals surface area contributed by atoms with Crippen molar-refractivity contribution in [1.82, 2.24) is 14.1 Å². The SMILES string of the molecule is CC(C)(C)OC(=O)Nn1c(O)cn(CCCN2CCCC2=O)c1=O. The van der Waals surface area contributed by atoms with Gasteiger partial charge in [-0.25, -0.2) is 15.0 Å². The zero-order valence-electron chi connectivity index (χ0n) is 14.2. The lowest BCUT2D eigenvalue weighted by molar-refractivity contribution is -0.127. The van der Waals surface area contributed by atoms with Crippen LogP contribution in [0.15, 0.2) is 11.0 Å². The number of aromatic hydroxyl groups is 1. The van der Waals surface area contributed by atoms with Crippen LogP contribution in [0.25, 0.3) is 0 Å². The number of rotatable bonds is 5. The molecule has 0 radical (unpaired) electrons. The van der Waals surface area contributed by atoms with E-state index >= 15 is 0 Å². The summed E-state index contributed by atoms with van der Waals surface area (Å²) in [6, 6.07) is 0. The highest BCUT2D eigenvalue weighted by molar-refractivity contribution is 5.78. The summed E-state index contributed by atoms with van der Waals surface area (Å²) in [6.45, 7) is 6.73. The number of ether oxygens (including phenoxy) is 1. The molecule has 2 rings (SSSR count).